The van der Waals surface area contributed by atoms with Crippen LogP contribution in [0.3, 0.4) is 0 Å². The van der Waals surface area contributed by atoms with Crippen LogP contribution in [0.4, 0.5) is 5.69 Å². The normalized spacial score (nSPS) is 10.6. The lowest BCUT2D eigenvalue weighted by Gasteiger charge is -2.15. The summed E-state index contributed by atoms with van der Waals surface area (Å²) in [4.78, 5) is 24.8. The highest BCUT2D eigenvalue weighted by molar-refractivity contribution is 7.98. The molecule has 0 aliphatic rings. The van der Waals surface area contributed by atoms with Crippen LogP contribution in [0.15, 0.2) is 46.5 Å². The summed E-state index contributed by atoms with van der Waals surface area (Å²) in [6.45, 7) is 0.000802. The van der Waals surface area contributed by atoms with Crippen LogP contribution in [0.5, 0.6) is 11.5 Å². The van der Waals surface area contributed by atoms with E-state index in [1.165, 1.54) is 35.8 Å². The zero-order valence-electron chi connectivity index (χ0n) is 16.2. The van der Waals surface area contributed by atoms with E-state index < -0.39 is 0 Å². The van der Waals surface area contributed by atoms with Gasteiger partial charge in [0.15, 0.2) is 5.75 Å². The number of ether oxygens (including phenoxy) is 2. The predicted octanol–water partition coefficient (Wildman–Crippen LogP) is 1.32. The molecular weight excluding hydrogens is 396 g/mol. The summed E-state index contributed by atoms with van der Waals surface area (Å²) in [6, 6.07) is 8.52. The van der Waals surface area contributed by atoms with Gasteiger partial charge >= 0.3 is 0 Å². The number of methoxy groups -OCH3 is 2. The Kier molecular flexibility index (Phi) is 6.50. The van der Waals surface area contributed by atoms with Gasteiger partial charge in [-0.15, -0.1) is 5.10 Å². The summed E-state index contributed by atoms with van der Waals surface area (Å²) in [7, 11) is 4.70. The molecule has 0 bridgehead atoms. The van der Waals surface area contributed by atoms with E-state index in [-0.39, 0.29) is 23.6 Å². The van der Waals surface area contributed by atoms with E-state index in [0.717, 1.165) is 0 Å². The Morgan fingerprint density at radius 3 is 2.76 bits per heavy atom. The van der Waals surface area contributed by atoms with Gasteiger partial charge in [-0.25, -0.2) is 4.68 Å². The maximum atomic E-state index is 12.6. The first-order valence-corrected chi connectivity index (χ1v) is 9.55. The minimum atomic E-state index is -0.261. The number of benzene rings is 1. The quantitative estimate of drug-likeness (QED) is 0.547. The topological polar surface area (TPSA) is 113 Å². The minimum Gasteiger partial charge on any atom is -0.497 e. The molecule has 0 unspecified atom stereocenters. The molecule has 11 heteroatoms. The van der Waals surface area contributed by atoms with Crippen LogP contribution >= 0.6 is 11.8 Å². The number of rotatable bonds is 8. The summed E-state index contributed by atoms with van der Waals surface area (Å²) < 4.78 is 13.5. The highest BCUT2D eigenvalue weighted by Gasteiger charge is 2.13. The number of anilines is 1. The van der Waals surface area contributed by atoms with Gasteiger partial charge < -0.3 is 19.4 Å². The largest absolute Gasteiger partial charge is 0.497 e. The fraction of sp³-hybridized carbons (Fsp3) is 0.278. The van der Waals surface area contributed by atoms with Crippen molar-refractivity contribution in [3.63, 3.8) is 0 Å². The van der Waals surface area contributed by atoms with E-state index in [1.54, 1.807) is 43.0 Å². The second-order valence-electron chi connectivity index (χ2n) is 5.98. The average Bonchev–Trinajstić information content (AvgIpc) is 3.12. The lowest BCUT2D eigenvalue weighted by molar-refractivity contribution is -0.116. The second kappa shape index (κ2) is 9.24. The van der Waals surface area contributed by atoms with Gasteiger partial charge in [0, 0.05) is 36.3 Å². The van der Waals surface area contributed by atoms with Gasteiger partial charge in [0.05, 0.1) is 20.4 Å². The number of hydrogen-bond acceptors (Lipinski definition) is 8. The number of carbonyl (C=O) groups is 1. The molecule has 2 aromatic heterocycles. The summed E-state index contributed by atoms with van der Waals surface area (Å²) in [5.74, 6) is 0.950. The van der Waals surface area contributed by atoms with Crippen molar-refractivity contribution in [1.29, 1.82) is 0 Å². The van der Waals surface area contributed by atoms with E-state index in [4.69, 9.17) is 9.47 Å². The van der Waals surface area contributed by atoms with Crippen molar-refractivity contribution >= 4 is 23.4 Å². The van der Waals surface area contributed by atoms with Gasteiger partial charge in [-0.1, -0.05) is 17.8 Å². The molecular formula is C18H20N6O4S. The number of amides is 1. The minimum absolute atomic E-state index is 0.000802. The zero-order valence-corrected chi connectivity index (χ0v) is 17.0. The van der Waals surface area contributed by atoms with Crippen LogP contribution in [-0.2, 0) is 24.1 Å². The van der Waals surface area contributed by atoms with Crippen molar-refractivity contribution in [3.05, 3.63) is 52.4 Å². The fourth-order valence-electron chi connectivity index (χ4n) is 2.56. The first-order valence-electron chi connectivity index (χ1n) is 8.56. The van der Waals surface area contributed by atoms with Crippen LogP contribution in [0.2, 0.25) is 0 Å². The van der Waals surface area contributed by atoms with E-state index in [2.05, 4.69) is 20.8 Å². The number of pyridine rings is 1. The van der Waals surface area contributed by atoms with Crippen molar-refractivity contribution in [2.45, 2.75) is 17.5 Å². The first-order chi connectivity index (χ1) is 14.0. The third-order valence-electron chi connectivity index (χ3n) is 4.00. The molecule has 2 heterocycles. The van der Waals surface area contributed by atoms with E-state index >= 15 is 0 Å². The van der Waals surface area contributed by atoms with Crippen molar-refractivity contribution in [2.75, 3.05) is 19.5 Å². The molecule has 3 rings (SSSR count). The average molecular weight is 416 g/mol. The maximum Gasteiger partial charge on any atom is 0.244 e. The molecule has 0 radical (unpaired) electrons. The molecule has 10 nitrogen and oxygen atoms in total. The molecule has 1 aromatic carbocycles. The van der Waals surface area contributed by atoms with Crippen LogP contribution < -0.4 is 20.2 Å². The third-order valence-corrected chi connectivity index (χ3v) is 5.04. The molecule has 3 aromatic rings. The molecule has 0 aliphatic heterocycles. The molecule has 0 fully saturated rings. The summed E-state index contributed by atoms with van der Waals surface area (Å²) in [5, 5.41) is 14.7. The van der Waals surface area contributed by atoms with E-state index in [1.807, 2.05) is 0 Å². The number of hydrogen-bond donors (Lipinski definition) is 1. The van der Waals surface area contributed by atoms with Crippen molar-refractivity contribution in [2.24, 2.45) is 7.05 Å². The Balaban J connectivity index is 1.79. The molecule has 1 N–H and O–H groups in total. The van der Waals surface area contributed by atoms with E-state index in [9.17, 15) is 9.59 Å². The molecule has 152 valence electrons. The van der Waals surface area contributed by atoms with Crippen LogP contribution in [0.1, 0.15) is 5.69 Å². The van der Waals surface area contributed by atoms with Gasteiger partial charge in [0.1, 0.15) is 12.3 Å². The lowest BCUT2D eigenvalue weighted by atomic mass is 10.3. The predicted molar refractivity (Wildman–Crippen MR) is 107 cm³/mol. The molecule has 0 aliphatic carbocycles. The third kappa shape index (κ3) is 5.13. The smallest absolute Gasteiger partial charge is 0.244 e. The van der Waals surface area contributed by atoms with Crippen molar-refractivity contribution in [1.82, 2.24) is 24.8 Å². The second-order valence-corrected chi connectivity index (χ2v) is 6.92. The van der Waals surface area contributed by atoms with Gasteiger partial charge in [0.2, 0.25) is 16.5 Å². The molecule has 0 saturated heterocycles. The van der Waals surface area contributed by atoms with Gasteiger partial charge in [-0.3, -0.25) is 9.59 Å². The van der Waals surface area contributed by atoms with Crippen molar-refractivity contribution in [3.8, 4) is 11.5 Å². The number of nitrogens with one attached hydrogen (secondary N) is 1. The fourth-order valence-corrected chi connectivity index (χ4v) is 3.40. The van der Waals surface area contributed by atoms with Gasteiger partial charge in [0.25, 0.3) is 0 Å². The van der Waals surface area contributed by atoms with Crippen LogP contribution in [-0.4, -0.2) is 44.9 Å². The van der Waals surface area contributed by atoms with E-state index in [0.29, 0.717) is 28.0 Å². The SMILES string of the molecule is COc1cccc(NC(=O)Cn2cc(OC)c(=O)cc2CSc2nnnn2C)c1. The van der Waals surface area contributed by atoms with Gasteiger partial charge in [-0.2, -0.15) is 0 Å². The Bertz CT molecular complexity index is 1060. The number of tetrazole rings is 1. The van der Waals surface area contributed by atoms with Crippen LogP contribution in [0.25, 0.3) is 0 Å². The standard InChI is InChI=1S/C18H20N6O4S/c1-23-18(20-21-22-23)29-11-13-8-15(25)16(28-3)9-24(13)10-17(26)19-12-5-4-6-14(7-12)27-2/h4-9H,10-11H2,1-3H3,(H,19,26). The number of aryl methyl sites for hydroxylation is 1. The summed E-state index contributed by atoms with van der Waals surface area (Å²) >= 11 is 1.36. The van der Waals surface area contributed by atoms with Crippen molar-refractivity contribution < 1.29 is 14.3 Å². The van der Waals surface area contributed by atoms with Gasteiger partial charge in [-0.05, 0) is 22.6 Å². The molecule has 0 spiro atoms. The van der Waals surface area contributed by atoms with Crippen LogP contribution in [0, 0.1) is 0 Å². The number of thioether (sulfide) groups is 1. The molecule has 0 atom stereocenters. The lowest BCUT2D eigenvalue weighted by Crippen LogP contribution is -2.22. The highest BCUT2D eigenvalue weighted by Crippen LogP contribution is 2.20. The number of carbonyl (C=O) groups excluding carboxylic acids is 1. The number of aromatic nitrogens is 5. The summed E-state index contributed by atoms with van der Waals surface area (Å²) in [6.07, 6.45) is 1.53. The zero-order chi connectivity index (χ0) is 20.8. The monoisotopic (exact) mass is 416 g/mol. The molecule has 29 heavy (non-hydrogen) atoms. The first kappa shape index (κ1) is 20.4. The Hall–Kier alpha value is -3.34. The molecule has 1 amide bonds. The maximum absolute atomic E-state index is 12.6. The Labute approximate surface area is 170 Å². The number of nitrogens with zero attached hydrogens (tertiary/aromatic N) is 5. The Morgan fingerprint density at radius 2 is 2.07 bits per heavy atom. The summed E-state index contributed by atoms with van der Waals surface area (Å²) in [5.41, 5.74) is 0.997. The molecule has 0 saturated carbocycles. The Morgan fingerprint density at radius 1 is 1.24 bits per heavy atom. The highest BCUT2D eigenvalue weighted by atomic mass is 32.2.